The van der Waals surface area contributed by atoms with Crippen LogP contribution in [0.4, 0.5) is 5.69 Å². The topological polar surface area (TPSA) is 42.9 Å². The SMILES string of the molecule is COc1ccccc1N1CC[NH+](Cc2ncc(-c3ccccc3)o2)CC1. The zero-order valence-electron chi connectivity index (χ0n) is 15.0. The van der Waals surface area contributed by atoms with Gasteiger partial charge in [-0.05, 0) is 12.1 Å². The molecule has 4 rings (SSSR count). The first-order chi connectivity index (χ1) is 12.8. The van der Waals surface area contributed by atoms with Gasteiger partial charge in [-0.1, -0.05) is 42.5 Å². The quantitative estimate of drug-likeness (QED) is 0.767. The molecule has 0 atom stereocenters. The molecule has 1 fully saturated rings. The standard InChI is InChI=1S/C21H23N3O2/c1-25-19-10-6-5-9-18(19)24-13-11-23(12-14-24)16-21-22-15-20(26-21)17-7-3-2-4-8-17/h2-10,15H,11-14,16H2,1H3/p+1. The van der Waals surface area contributed by atoms with E-state index in [9.17, 15) is 0 Å². The van der Waals surface area contributed by atoms with E-state index in [2.05, 4.69) is 22.0 Å². The third-order valence-corrected chi connectivity index (χ3v) is 4.91. The molecule has 134 valence electrons. The van der Waals surface area contributed by atoms with Crippen molar-refractivity contribution < 1.29 is 14.1 Å². The fraction of sp³-hybridized carbons (Fsp3) is 0.286. The number of para-hydroxylation sites is 2. The summed E-state index contributed by atoms with van der Waals surface area (Å²) in [6, 6.07) is 18.3. The minimum absolute atomic E-state index is 0.810. The molecule has 0 amide bonds. The lowest BCUT2D eigenvalue weighted by atomic mass is 10.2. The molecule has 0 bridgehead atoms. The summed E-state index contributed by atoms with van der Waals surface area (Å²) < 4.78 is 11.4. The first-order valence-corrected chi connectivity index (χ1v) is 9.05. The Balaban J connectivity index is 1.36. The maximum Gasteiger partial charge on any atom is 0.250 e. The number of quaternary nitrogens is 1. The molecular formula is C21H24N3O2+. The number of benzene rings is 2. The van der Waals surface area contributed by atoms with Crippen molar-refractivity contribution in [3.05, 3.63) is 66.7 Å². The van der Waals surface area contributed by atoms with Crippen molar-refractivity contribution >= 4 is 5.69 Å². The summed E-state index contributed by atoms with van der Waals surface area (Å²) in [7, 11) is 1.73. The average molecular weight is 350 g/mol. The van der Waals surface area contributed by atoms with Crippen LogP contribution in [0.1, 0.15) is 5.89 Å². The monoisotopic (exact) mass is 350 g/mol. The second-order valence-corrected chi connectivity index (χ2v) is 6.57. The molecule has 1 aromatic heterocycles. The molecule has 0 saturated carbocycles. The Bertz CT molecular complexity index is 839. The van der Waals surface area contributed by atoms with Crippen LogP contribution in [0, 0.1) is 0 Å². The summed E-state index contributed by atoms with van der Waals surface area (Å²) in [5.41, 5.74) is 2.25. The highest BCUT2D eigenvalue weighted by atomic mass is 16.5. The Morgan fingerprint density at radius 3 is 2.54 bits per heavy atom. The lowest BCUT2D eigenvalue weighted by Crippen LogP contribution is -3.13. The van der Waals surface area contributed by atoms with Crippen molar-refractivity contribution in [3.8, 4) is 17.1 Å². The van der Waals surface area contributed by atoms with Gasteiger partial charge in [-0.3, -0.25) is 0 Å². The molecule has 0 spiro atoms. The second-order valence-electron chi connectivity index (χ2n) is 6.57. The van der Waals surface area contributed by atoms with Crippen molar-refractivity contribution in [2.75, 3.05) is 38.2 Å². The van der Waals surface area contributed by atoms with Gasteiger partial charge < -0.3 is 19.0 Å². The summed E-state index contributed by atoms with van der Waals surface area (Å²) in [5, 5.41) is 0. The molecule has 5 heteroatoms. The average Bonchev–Trinajstić information content (AvgIpc) is 3.18. The van der Waals surface area contributed by atoms with E-state index < -0.39 is 0 Å². The van der Waals surface area contributed by atoms with Gasteiger partial charge in [-0.25, -0.2) is 4.98 Å². The maximum absolute atomic E-state index is 5.95. The fourth-order valence-electron chi connectivity index (χ4n) is 3.47. The van der Waals surface area contributed by atoms with Crippen molar-refractivity contribution in [1.29, 1.82) is 0 Å². The van der Waals surface area contributed by atoms with Crippen LogP contribution in [0.3, 0.4) is 0 Å². The molecule has 2 aromatic carbocycles. The number of piperazine rings is 1. The van der Waals surface area contributed by atoms with Gasteiger partial charge in [0, 0.05) is 5.56 Å². The Hall–Kier alpha value is -2.79. The molecule has 5 nitrogen and oxygen atoms in total. The lowest BCUT2D eigenvalue weighted by Gasteiger charge is -2.33. The number of hydrogen-bond donors (Lipinski definition) is 1. The number of nitrogens with zero attached hydrogens (tertiary/aromatic N) is 2. The molecule has 1 aliphatic rings. The summed E-state index contributed by atoms with van der Waals surface area (Å²) in [6.45, 7) is 4.94. The van der Waals surface area contributed by atoms with Gasteiger partial charge in [-0.2, -0.15) is 0 Å². The van der Waals surface area contributed by atoms with Gasteiger partial charge in [0.1, 0.15) is 5.75 Å². The van der Waals surface area contributed by atoms with E-state index in [0.29, 0.717) is 0 Å². The van der Waals surface area contributed by atoms with Crippen molar-refractivity contribution in [1.82, 2.24) is 4.98 Å². The van der Waals surface area contributed by atoms with Gasteiger partial charge in [0.05, 0.1) is 45.2 Å². The molecule has 0 radical (unpaired) electrons. The largest absolute Gasteiger partial charge is 0.495 e. The Morgan fingerprint density at radius 2 is 1.77 bits per heavy atom. The van der Waals surface area contributed by atoms with E-state index in [1.165, 1.54) is 10.6 Å². The Morgan fingerprint density at radius 1 is 1.04 bits per heavy atom. The van der Waals surface area contributed by atoms with E-state index in [1.54, 1.807) is 7.11 Å². The molecule has 0 aliphatic carbocycles. The van der Waals surface area contributed by atoms with E-state index in [1.807, 2.05) is 48.7 Å². The van der Waals surface area contributed by atoms with Crippen molar-refractivity contribution in [2.45, 2.75) is 6.54 Å². The maximum atomic E-state index is 5.95. The molecule has 3 aromatic rings. The fourth-order valence-corrected chi connectivity index (χ4v) is 3.47. The van der Waals surface area contributed by atoms with Crippen LogP contribution in [0.5, 0.6) is 5.75 Å². The predicted molar refractivity (Wildman–Crippen MR) is 102 cm³/mol. The third-order valence-electron chi connectivity index (χ3n) is 4.91. The lowest BCUT2D eigenvalue weighted by molar-refractivity contribution is -0.915. The first-order valence-electron chi connectivity index (χ1n) is 9.05. The third kappa shape index (κ3) is 3.58. The van der Waals surface area contributed by atoms with Crippen LogP contribution >= 0.6 is 0 Å². The summed E-state index contributed by atoms with van der Waals surface area (Å²) in [5.74, 6) is 2.59. The van der Waals surface area contributed by atoms with E-state index in [0.717, 1.165) is 55.7 Å². The highest BCUT2D eigenvalue weighted by Crippen LogP contribution is 2.27. The smallest absolute Gasteiger partial charge is 0.250 e. The van der Waals surface area contributed by atoms with Gasteiger partial charge >= 0.3 is 0 Å². The van der Waals surface area contributed by atoms with Crippen LogP contribution in [0.15, 0.2) is 65.2 Å². The molecule has 0 unspecified atom stereocenters. The molecule has 2 heterocycles. The summed E-state index contributed by atoms with van der Waals surface area (Å²) in [4.78, 5) is 8.36. The number of anilines is 1. The van der Waals surface area contributed by atoms with E-state index in [-0.39, 0.29) is 0 Å². The van der Waals surface area contributed by atoms with Crippen LogP contribution in [0.2, 0.25) is 0 Å². The zero-order valence-corrected chi connectivity index (χ0v) is 15.0. The van der Waals surface area contributed by atoms with E-state index >= 15 is 0 Å². The molecular weight excluding hydrogens is 326 g/mol. The van der Waals surface area contributed by atoms with Crippen LogP contribution < -0.4 is 14.5 Å². The normalized spacial score (nSPS) is 15.2. The van der Waals surface area contributed by atoms with Gasteiger partial charge in [0.25, 0.3) is 5.89 Å². The first kappa shape index (κ1) is 16.7. The molecule has 26 heavy (non-hydrogen) atoms. The number of oxazole rings is 1. The number of hydrogen-bond acceptors (Lipinski definition) is 4. The number of nitrogens with one attached hydrogen (secondary N) is 1. The highest BCUT2D eigenvalue weighted by Gasteiger charge is 2.23. The van der Waals surface area contributed by atoms with Gasteiger partial charge in [-0.15, -0.1) is 0 Å². The minimum atomic E-state index is 0.810. The number of ether oxygens (including phenoxy) is 1. The van der Waals surface area contributed by atoms with Gasteiger partial charge in [0.2, 0.25) is 0 Å². The van der Waals surface area contributed by atoms with E-state index in [4.69, 9.17) is 9.15 Å². The Kier molecular flexibility index (Phi) is 4.88. The molecule has 1 aliphatic heterocycles. The number of rotatable bonds is 5. The van der Waals surface area contributed by atoms with Crippen molar-refractivity contribution in [2.24, 2.45) is 0 Å². The molecule has 1 N–H and O–H groups in total. The minimum Gasteiger partial charge on any atom is -0.495 e. The van der Waals surface area contributed by atoms with Crippen molar-refractivity contribution in [3.63, 3.8) is 0 Å². The molecule has 1 saturated heterocycles. The number of aromatic nitrogens is 1. The summed E-state index contributed by atoms with van der Waals surface area (Å²) >= 11 is 0. The van der Waals surface area contributed by atoms with Gasteiger partial charge in [0.15, 0.2) is 12.3 Å². The Labute approximate surface area is 153 Å². The number of methoxy groups -OCH3 is 1. The summed E-state index contributed by atoms with van der Waals surface area (Å²) in [6.07, 6.45) is 1.83. The van der Waals surface area contributed by atoms with Crippen LogP contribution in [-0.2, 0) is 6.54 Å². The zero-order chi connectivity index (χ0) is 17.8. The second kappa shape index (κ2) is 7.62. The van der Waals surface area contributed by atoms with Crippen LogP contribution in [0.25, 0.3) is 11.3 Å². The van der Waals surface area contributed by atoms with Crippen LogP contribution in [-0.4, -0.2) is 38.3 Å². The highest BCUT2D eigenvalue weighted by molar-refractivity contribution is 5.58. The predicted octanol–water partition coefficient (Wildman–Crippen LogP) is 2.26.